The highest BCUT2D eigenvalue weighted by Gasteiger charge is 2.60. The van der Waals surface area contributed by atoms with E-state index in [1.807, 2.05) is 43.3 Å². The summed E-state index contributed by atoms with van der Waals surface area (Å²) < 4.78 is 6.36. The van der Waals surface area contributed by atoms with Gasteiger partial charge in [-0.05, 0) is 43.5 Å². The van der Waals surface area contributed by atoms with Crippen LogP contribution in [0, 0.1) is 5.92 Å². The maximum atomic E-state index is 13.8. The Kier molecular flexibility index (Phi) is 5.83. The van der Waals surface area contributed by atoms with E-state index < -0.39 is 17.6 Å². The van der Waals surface area contributed by atoms with E-state index in [0.717, 1.165) is 11.3 Å². The number of anilines is 2. The standard InChI is InChI=1S/C24H28N2O5/c1-15-12-19(10-11-27)31-24(15)20-13-18(25-22(29)16(2)28)8-9-21(20)26(23(24)30)14-17-6-4-3-5-7-17/h3-9,13,15-16,19,27-28H,10-12,14H2,1-2H3,(H,25,29)/t15-,16-,19+,24+/m0/s1. The van der Waals surface area contributed by atoms with Crippen molar-refractivity contribution in [3.8, 4) is 0 Å². The number of rotatable bonds is 6. The third-order valence-electron chi connectivity index (χ3n) is 6.19. The number of carbonyl (C=O) groups excluding carboxylic acids is 2. The molecule has 3 N–H and O–H groups in total. The fourth-order valence-electron chi connectivity index (χ4n) is 4.64. The van der Waals surface area contributed by atoms with Crippen LogP contribution in [0.5, 0.6) is 0 Å². The largest absolute Gasteiger partial charge is 0.396 e. The zero-order valence-corrected chi connectivity index (χ0v) is 17.7. The van der Waals surface area contributed by atoms with Gasteiger partial charge in [-0.1, -0.05) is 37.3 Å². The van der Waals surface area contributed by atoms with Gasteiger partial charge in [0.1, 0.15) is 6.10 Å². The van der Waals surface area contributed by atoms with Crippen LogP contribution < -0.4 is 10.2 Å². The van der Waals surface area contributed by atoms with Gasteiger partial charge in [0.25, 0.3) is 11.8 Å². The monoisotopic (exact) mass is 424 g/mol. The normalized spacial score (nSPS) is 25.7. The van der Waals surface area contributed by atoms with Gasteiger partial charge in [-0.15, -0.1) is 0 Å². The van der Waals surface area contributed by atoms with Crippen molar-refractivity contribution in [1.82, 2.24) is 0 Å². The van der Waals surface area contributed by atoms with Gasteiger partial charge in [0.15, 0.2) is 5.60 Å². The fraction of sp³-hybridized carbons (Fsp3) is 0.417. The molecule has 1 spiro atoms. The molecule has 2 aromatic carbocycles. The zero-order chi connectivity index (χ0) is 22.2. The molecule has 1 saturated heterocycles. The smallest absolute Gasteiger partial charge is 0.264 e. The number of nitrogens with zero attached hydrogens (tertiary/aromatic N) is 1. The number of benzene rings is 2. The molecule has 7 heteroatoms. The van der Waals surface area contributed by atoms with E-state index in [1.165, 1.54) is 6.92 Å². The summed E-state index contributed by atoms with van der Waals surface area (Å²) in [6.07, 6.45) is -0.237. The lowest BCUT2D eigenvalue weighted by Gasteiger charge is -2.28. The van der Waals surface area contributed by atoms with E-state index in [4.69, 9.17) is 4.74 Å². The Bertz CT molecular complexity index is 977. The molecule has 2 amide bonds. The number of aliphatic hydroxyl groups excluding tert-OH is 2. The Morgan fingerprint density at radius 3 is 2.71 bits per heavy atom. The molecule has 4 atom stereocenters. The van der Waals surface area contributed by atoms with Crippen LogP contribution in [-0.2, 0) is 26.5 Å². The second-order valence-corrected chi connectivity index (χ2v) is 8.40. The minimum atomic E-state index is -1.16. The summed E-state index contributed by atoms with van der Waals surface area (Å²) in [5.74, 6) is -0.741. The molecular weight excluding hydrogens is 396 g/mol. The molecule has 0 saturated carbocycles. The second-order valence-electron chi connectivity index (χ2n) is 8.40. The Morgan fingerprint density at radius 2 is 2.03 bits per heavy atom. The highest BCUT2D eigenvalue weighted by Crippen LogP contribution is 2.54. The van der Waals surface area contributed by atoms with Crippen molar-refractivity contribution in [1.29, 1.82) is 0 Å². The summed E-state index contributed by atoms with van der Waals surface area (Å²) in [7, 11) is 0. The molecule has 0 bridgehead atoms. The number of nitrogens with one attached hydrogen (secondary N) is 1. The van der Waals surface area contributed by atoms with Gasteiger partial charge >= 0.3 is 0 Å². The number of aliphatic hydroxyl groups is 2. The van der Waals surface area contributed by atoms with E-state index in [0.29, 0.717) is 30.6 Å². The van der Waals surface area contributed by atoms with Crippen LogP contribution in [0.3, 0.4) is 0 Å². The second kappa shape index (κ2) is 8.42. The van der Waals surface area contributed by atoms with Gasteiger partial charge in [-0.2, -0.15) is 0 Å². The first-order valence-corrected chi connectivity index (χ1v) is 10.6. The van der Waals surface area contributed by atoms with Crippen molar-refractivity contribution in [3.05, 3.63) is 59.7 Å². The van der Waals surface area contributed by atoms with Crippen molar-refractivity contribution in [2.45, 2.75) is 51.0 Å². The molecule has 2 aliphatic heterocycles. The Morgan fingerprint density at radius 1 is 1.29 bits per heavy atom. The number of amides is 2. The number of hydrogen-bond donors (Lipinski definition) is 3. The molecule has 1 fully saturated rings. The molecule has 2 heterocycles. The lowest BCUT2D eigenvalue weighted by molar-refractivity contribution is -0.146. The maximum Gasteiger partial charge on any atom is 0.264 e. The van der Waals surface area contributed by atoms with Gasteiger partial charge in [-0.25, -0.2) is 0 Å². The first-order valence-electron chi connectivity index (χ1n) is 10.6. The average molecular weight is 424 g/mol. The topological polar surface area (TPSA) is 99.1 Å². The number of ether oxygens (including phenoxy) is 1. The predicted octanol–water partition coefficient (Wildman–Crippen LogP) is 2.56. The predicted molar refractivity (Wildman–Crippen MR) is 116 cm³/mol. The third kappa shape index (κ3) is 3.73. The van der Waals surface area contributed by atoms with Crippen LogP contribution in [0.25, 0.3) is 0 Å². The molecular formula is C24H28N2O5. The summed E-state index contributed by atoms with van der Waals surface area (Å²) in [6.45, 7) is 3.80. The highest BCUT2D eigenvalue weighted by molar-refractivity contribution is 6.08. The Labute approximate surface area is 181 Å². The molecule has 4 rings (SSSR count). The van der Waals surface area contributed by atoms with Crippen molar-refractivity contribution < 1.29 is 24.5 Å². The third-order valence-corrected chi connectivity index (χ3v) is 6.19. The van der Waals surface area contributed by atoms with E-state index in [9.17, 15) is 19.8 Å². The summed E-state index contributed by atoms with van der Waals surface area (Å²) in [5, 5.41) is 21.6. The molecule has 0 unspecified atom stereocenters. The first-order chi connectivity index (χ1) is 14.9. The van der Waals surface area contributed by atoms with E-state index >= 15 is 0 Å². The SMILES string of the molecule is C[C@H](O)C(=O)Nc1ccc2c(c1)[C@@]1(O[C@H](CCO)C[C@@H]1C)C(=O)N2Cc1ccccc1. The molecule has 0 aliphatic carbocycles. The van der Waals surface area contributed by atoms with Gasteiger partial charge in [0.2, 0.25) is 0 Å². The summed E-state index contributed by atoms with van der Waals surface area (Å²) in [6, 6.07) is 15.1. The van der Waals surface area contributed by atoms with Crippen molar-refractivity contribution in [2.24, 2.45) is 5.92 Å². The number of fused-ring (bicyclic) bond motifs is 2. The lowest BCUT2D eigenvalue weighted by atomic mass is 9.82. The molecule has 2 aliphatic rings. The molecule has 0 radical (unpaired) electrons. The van der Waals surface area contributed by atoms with Crippen molar-refractivity contribution in [2.75, 3.05) is 16.8 Å². The molecule has 7 nitrogen and oxygen atoms in total. The fourth-order valence-corrected chi connectivity index (χ4v) is 4.64. The van der Waals surface area contributed by atoms with E-state index in [-0.39, 0.29) is 24.5 Å². The average Bonchev–Trinajstić information content (AvgIpc) is 3.19. The molecule has 0 aromatic heterocycles. The Balaban J connectivity index is 1.76. The maximum absolute atomic E-state index is 13.8. The van der Waals surface area contributed by atoms with Crippen molar-refractivity contribution in [3.63, 3.8) is 0 Å². The van der Waals surface area contributed by atoms with E-state index in [2.05, 4.69) is 5.32 Å². The van der Waals surface area contributed by atoms with Crippen LogP contribution in [0.15, 0.2) is 48.5 Å². The van der Waals surface area contributed by atoms with E-state index in [1.54, 1.807) is 17.0 Å². The summed E-state index contributed by atoms with van der Waals surface area (Å²) in [5.41, 5.74) is 1.81. The quantitative estimate of drug-likeness (QED) is 0.662. The van der Waals surface area contributed by atoms with Gasteiger partial charge < -0.3 is 25.2 Å². The Hall–Kier alpha value is -2.74. The van der Waals surface area contributed by atoms with Crippen LogP contribution in [0.2, 0.25) is 0 Å². The van der Waals surface area contributed by atoms with Crippen LogP contribution in [0.4, 0.5) is 11.4 Å². The first kappa shape index (κ1) is 21.5. The minimum Gasteiger partial charge on any atom is -0.396 e. The minimum absolute atomic E-state index is 0.00721. The van der Waals surface area contributed by atoms with Crippen LogP contribution >= 0.6 is 0 Å². The van der Waals surface area contributed by atoms with Gasteiger partial charge in [-0.3, -0.25) is 9.59 Å². The highest BCUT2D eigenvalue weighted by atomic mass is 16.5. The van der Waals surface area contributed by atoms with Gasteiger partial charge in [0, 0.05) is 23.8 Å². The molecule has 164 valence electrons. The zero-order valence-electron chi connectivity index (χ0n) is 17.7. The lowest BCUT2D eigenvalue weighted by Crippen LogP contribution is -2.43. The summed E-state index contributed by atoms with van der Waals surface area (Å²) >= 11 is 0. The number of hydrogen-bond acceptors (Lipinski definition) is 5. The van der Waals surface area contributed by atoms with Crippen molar-refractivity contribution >= 4 is 23.2 Å². The summed E-state index contributed by atoms with van der Waals surface area (Å²) in [4.78, 5) is 27.5. The van der Waals surface area contributed by atoms with Crippen LogP contribution in [-0.4, -0.2) is 40.8 Å². The number of carbonyl (C=O) groups is 2. The molecule has 31 heavy (non-hydrogen) atoms. The van der Waals surface area contributed by atoms with Gasteiger partial charge in [0.05, 0.1) is 18.3 Å². The molecule has 2 aromatic rings. The van der Waals surface area contributed by atoms with Crippen LogP contribution in [0.1, 0.15) is 37.8 Å².